The quantitative estimate of drug-likeness (QED) is 0.911. The van der Waals surface area contributed by atoms with Crippen molar-refractivity contribution in [2.45, 2.75) is 38.8 Å². The molecule has 0 radical (unpaired) electrons. The van der Waals surface area contributed by atoms with Crippen molar-refractivity contribution in [1.29, 1.82) is 0 Å². The van der Waals surface area contributed by atoms with Crippen LogP contribution in [-0.4, -0.2) is 30.9 Å². The molecule has 1 aromatic rings. The molecule has 4 nitrogen and oxygen atoms in total. The third-order valence-electron chi connectivity index (χ3n) is 3.12. The predicted octanol–water partition coefficient (Wildman–Crippen LogP) is 1.68. The Morgan fingerprint density at radius 3 is 2.65 bits per heavy atom. The molecule has 0 spiro atoms. The second-order valence-electron chi connectivity index (χ2n) is 4.61. The summed E-state index contributed by atoms with van der Waals surface area (Å²) in [6.07, 6.45) is 1.44. The van der Waals surface area contributed by atoms with Crippen molar-refractivity contribution in [2.75, 3.05) is 11.5 Å². The lowest BCUT2D eigenvalue weighted by molar-refractivity contribution is 0.416. The summed E-state index contributed by atoms with van der Waals surface area (Å²) >= 11 is 1.65. The van der Waals surface area contributed by atoms with Gasteiger partial charge in [-0.1, -0.05) is 0 Å². The number of aromatic nitrogens is 1. The zero-order chi connectivity index (χ0) is 12.5. The molecule has 1 aliphatic heterocycles. The summed E-state index contributed by atoms with van der Waals surface area (Å²) in [7, 11) is -2.77. The highest BCUT2D eigenvalue weighted by Gasteiger charge is 2.24. The van der Waals surface area contributed by atoms with Crippen LogP contribution in [0.5, 0.6) is 0 Å². The zero-order valence-electron chi connectivity index (χ0n) is 10.1. The maximum atomic E-state index is 11.3. The van der Waals surface area contributed by atoms with Gasteiger partial charge in [-0.2, -0.15) is 0 Å². The Hall–Kier alpha value is -0.460. The number of aryl methyl sites for hydroxylation is 1. The van der Waals surface area contributed by atoms with Crippen LogP contribution in [0.25, 0.3) is 0 Å². The Morgan fingerprint density at radius 1 is 1.47 bits per heavy atom. The summed E-state index contributed by atoms with van der Waals surface area (Å²) in [6, 6.07) is 0.501. The first-order chi connectivity index (χ1) is 7.96. The molecule has 1 aromatic heterocycles. The van der Waals surface area contributed by atoms with Crippen molar-refractivity contribution in [2.24, 2.45) is 0 Å². The first kappa shape index (κ1) is 13.0. The predicted molar refractivity (Wildman–Crippen MR) is 70.1 cm³/mol. The molecule has 96 valence electrons. The van der Waals surface area contributed by atoms with E-state index in [1.807, 2.05) is 6.92 Å². The molecule has 1 atom stereocenters. The maximum Gasteiger partial charge on any atom is 0.150 e. The Morgan fingerprint density at radius 2 is 2.12 bits per heavy atom. The van der Waals surface area contributed by atoms with Gasteiger partial charge in [0.2, 0.25) is 0 Å². The maximum absolute atomic E-state index is 11.3. The Balaban J connectivity index is 1.90. The van der Waals surface area contributed by atoms with E-state index in [2.05, 4.69) is 22.6 Å². The van der Waals surface area contributed by atoms with Crippen molar-refractivity contribution < 1.29 is 8.42 Å². The van der Waals surface area contributed by atoms with Crippen LogP contribution in [-0.2, 0) is 9.84 Å². The summed E-state index contributed by atoms with van der Waals surface area (Å²) in [5, 5.41) is 6.60. The normalized spacial score (nSPS) is 22.5. The second-order valence-corrected chi connectivity index (χ2v) is 7.97. The molecule has 1 saturated heterocycles. The fourth-order valence-corrected chi connectivity index (χ4v) is 4.27. The fraction of sp³-hybridized carbons (Fsp3) is 0.727. The minimum Gasteiger partial charge on any atom is -0.306 e. The SMILES string of the molecule is Cc1nc(C(C)NC2CCS(=O)(=O)CC2)cs1. The zero-order valence-corrected chi connectivity index (χ0v) is 11.8. The lowest BCUT2D eigenvalue weighted by atomic mass is 10.1. The van der Waals surface area contributed by atoms with E-state index < -0.39 is 9.84 Å². The van der Waals surface area contributed by atoms with Gasteiger partial charge in [0.05, 0.1) is 22.2 Å². The van der Waals surface area contributed by atoms with Gasteiger partial charge in [0.15, 0.2) is 0 Å². The molecule has 2 heterocycles. The number of sulfone groups is 1. The molecule has 0 aromatic carbocycles. The first-order valence-electron chi connectivity index (χ1n) is 5.85. The van der Waals surface area contributed by atoms with Crippen LogP contribution in [0.15, 0.2) is 5.38 Å². The average Bonchev–Trinajstić information content (AvgIpc) is 2.68. The van der Waals surface area contributed by atoms with E-state index in [1.54, 1.807) is 11.3 Å². The molecule has 1 aliphatic rings. The highest BCUT2D eigenvalue weighted by atomic mass is 32.2. The first-order valence-corrected chi connectivity index (χ1v) is 8.55. The van der Waals surface area contributed by atoms with Crippen LogP contribution in [0.3, 0.4) is 0 Å². The molecule has 0 bridgehead atoms. The van der Waals surface area contributed by atoms with E-state index in [-0.39, 0.29) is 6.04 Å². The van der Waals surface area contributed by atoms with Gasteiger partial charge < -0.3 is 5.32 Å². The smallest absolute Gasteiger partial charge is 0.150 e. The Labute approximate surface area is 106 Å². The van der Waals surface area contributed by atoms with Gasteiger partial charge in [0.1, 0.15) is 9.84 Å². The molecule has 0 saturated carbocycles. The summed E-state index contributed by atoms with van der Waals surface area (Å²) in [5.41, 5.74) is 1.06. The summed E-state index contributed by atoms with van der Waals surface area (Å²) in [6.45, 7) is 4.08. The van der Waals surface area contributed by atoms with Crippen molar-refractivity contribution in [3.8, 4) is 0 Å². The molecule has 6 heteroatoms. The fourth-order valence-electron chi connectivity index (χ4n) is 2.07. The van der Waals surface area contributed by atoms with Crippen LogP contribution < -0.4 is 5.32 Å². The summed E-state index contributed by atoms with van der Waals surface area (Å²) in [4.78, 5) is 4.44. The Bertz CT molecular complexity index is 467. The van der Waals surface area contributed by atoms with Gasteiger partial charge in [-0.15, -0.1) is 11.3 Å². The van der Waals surface area contributed by atoms with Gasteiger partial charge in [0, 0.05) is 17.5 Å². The van der Waals surface area contributed by atoms with Gasteiger partial charge in [0.25, 0.3) is 0 Å². The van der Waals surface area contributed by atoms with E-state index >= 15 is 0 Å². The highest BCUT2D eigenvalue weighted by molar-refractivity contribution is 7.91. The molecule has 17 heavy (non-hydrogen) atoms. The largest absolute Gasteiger partial charge is 0.306 e. The molecule has 0 aliphatic carbocycles. The van der Waals surface area contributed by atoms with Crippen LogP contribution in [0.4, 0.5) is 0 Å². The van der Waals surface area contributed by atoms with Crippen molar-refractivity contribution >= 4 is 21.2 Å². The summed E-state index contributed by atoms with van der Waals surface area (Å²) < 4.78 is 22.6. The molecule has 1 fully saturated rings. The van der Waals surface area contributed by atoms with Crippen molar-refractivity contribution in [1.82, 2.24) is 10.3 Å². The Kier molecular flexibility index (Phi) is 3.85. The van der Waals surface area contributed by atoms with Gasteiger partial charge in [-0.25, -0.2) is 13.4 Å². The number of thiazole rings is 1. The van der Waals surface area contributed by atoms with Crippen LogP contribution in [0, 0.1) is 6.92 Å². The number of nitrogens with zero attached hydrogens (tertiary/aromatic N) is 1. The molecular formula is C11H18N2O2S2. The van der Waals surface area contributed by atoms with E-state index in [1.165, 1.54) is 0 Å². The van der Waals surface area contributed by atoms with E-state index in [4.69, 9.17) is 0 Å². The number of hydrogen-bond donors (Lipinski definition) is 1. The molecule has 1 N–H and O–H groups in total. The molecule has 1 unspecified atom stereocenters. The molecular weight excluding hydrogens is 256 g/mol. The van der Waals surface area contributed by atoms with Crippen LogP contribution in [0.2, 0.25) is 0 Å². The second kappa shape index (κ2) is 5.04. The van der Waals surface area contributed by atoms with Gasteiger partial charge >= 0.3 is 0 Å². The molecule has 0 amide bonds. The van der Waals surface area contributed by atoms with Crippen molar-refractivity contribution in [3.05, 3.63) is 16.1 Å². The average molecular weight is 274 g/mol. The minimum atomic E-state index is -2.77. The minimum absolute atomic E-state index is 0.200. The topological polar surface area (TPSA) is 59.1 Å². The third kappa shape index (κ3) is 3.50. The number of hydrogen-bond acceptors (Lipinski definition) is 5. The van der Waals surface area contributed by atoms with E-state index in [9.17, 15) is 8.42 Å². The number of rotatable bonds is 3. The van der Waals surface area contributed by atoms with Crippen LogP contribution >= 0.6 is 11.3 Å². The number of nitrogens with one attached hydrogen (secondary N) is 1. The van der Waals surface area contributed by atoms with Gasteiger partial charge in [-0.05, 0) is 26.7 Å². The van der Waals surface area contributed by atoms with Crippen LogP contribution in [0.1, 0.15) is 36.5 Å². The standard InChI is InChI=1S/C11H18N2O2S2/c1-8(11-7-16-9(2)13-11)12-10-3-5-17(14,15)6-4-10/h7-8,10,12H,3-6H2,1-2H3. The highest BCUT2D eigenvalue weighted by Crippen LogP contribution is 2.19. The van der Waals surface area contributed by atoms with Crippen molar-refractivity contribution in [3.63, 3.8) is 0 Å². The van der Waals surface area contributed by atoms with E-state index in [0.29, 0.717) is 17.5 Å². The lowest BCUT2D eigenvalue weighted by Gasteiger charge is -2.25. The van der Waals surface area contributed by atoms with Gasteiger partial charge in [-0.3, -0.25) is 0 Å². The monoisotopic (exact) mass is 274 g/mol. The van der Waals surface area contributed by atoms with E-state index in [0.717, 1.165) is 23.5 Å². The summed E-state index contributed by atoms with van der Waals surface area (Å²) in [5.74, 6) is 0.626. The molecule has 2 rings (SSSR count). The third-order valence-corrected chi connectivity index (χ3v) is 5.63. The lowest BCUT2D eigenvalue weighted by Crippen LogP contribution is -2.38.